The molecule has 2 aromatic rings. The van der Waals surface area contributed by atoms with Gasteiger partial charge in [0.25, 0.3) is 5.91 Å². The SMILES string of the molecule is Cc1cccc(CN2CC[C@@H]3CN(C(=O)c4noc5c4CCCC5)C[C@@H]32)n1. The highest BCUT2D eigenvalue weighted by Crippen LogP contribution is 2.34. The second-order valence-electron chi connectivity index (χ2n) is 8.21. The lowest BCUT2D eigenvalue weighted by atomic mass is 9.96. The molecule has 2 fully saturated rings. The van der Waals surface area contributed by atoms with Crippen LogP contribution in [0.1, 0.15) is 52.5 Å². The summed E-state index contributed by atoms with van der Waals surface area (Å²) in [6.07, 6.45) is 5.24. The van der Waals surface area contributed by atoms with E-state index in [9.17, 15) is 4.79 Å². The lowest BCUT2D eigenvalue weighted by Crippen LogP contribution is -2.37. The Hall–Kier alpha value is -2.21. The molecule has 6 nitrogen and oxygen atoms in total. The van der Waals surface area contributed by atoms with Crippen molar-refractivity contribution in [2.24, 2.45) is 5.92 Å². The molecule has 0 radical (unpaired) electrons. The van der Waals surface area contributed by atoms with Crippen LogP contribution < -0.4 is 0 Å². The minimum absolute atomic E-state index is 0.0601. The number of amides is 1. The molecule has 1 amide bonds. The van der Waals surface area contributed by atoms with E-state index in [2.05, 4.69) is 27.2 Å². The molecule has 0 N–H and O–H groups in total. The zero-order valence-corrected chi connectivity index (χ0v) is 15.9. The first-order valence-corrected chi connectivity index (χ1v) is 10.1. The molecule has 1 aliphatic carbocycles. The van der Waals surface area contributed by atoms with Crippen LogP contribution in [0, 0.1) is 12.8 Å². The molecule has 0 saturated carbocycles. The smallest absolute Gasteiger partial charge is 0.276 e. The van der Waals surface area contributed by atoms with Crippen molar-refractivity contribution >= 4 is 5.91 Å². The number of carbonyl (C=O) groups excluding carboxylic acids is 1. The Morgan fingerprint density at radius 3 is 3.04 bits per heavy atom. The van der Waals surface area contributed by atoms with E-state index < -0.39 is 0 Å². The van der Waals surface area contributed by atoms with Crippen LogP contribution in [0.15, 0.2) is 22.7 Å². The molecule has 27 heavy (non-hydrogen) atoms. The van der Waals surface area contributed by atoms with Crippen LogP contribution in [0.25, 0.3) is 0 Å². The fourth-order valence-corrected chi connectivity index (χ4v) is 5.01. The number of aromatic nitrogens is 2. The van der Waals surface area contributed by atoms with Gasteiger partial charge in [0.1, 0.15) is 5.76 Å². The van der Waals surface area contributed by atoms with Gasteiger partial charge in [-0.2, -0.15) is 0 Å². The zero-order valence-electron chi connectivity index (χ0n) is 15.9. The van der Waals surface area contributed by atoms with E-state index in [1.807, 2.05) is 17.9 Å². The molecule has 0 spiro atoms. The normalized spacial score (nSPS) is 24.9. The predicted molar refractivity (Wildman–Crippen MR) is 100 cm³/mol. The van der Waals surface area contributed by atoms with E-state index in [4.69, 9.17) is 4.52 Å². The van der Waals surface area contributed by atoms with Crippen molar-refractivity contribution in [1.82, 2.24) is 19.9 Å². The van der Waals surface area contributed by atoms with Crippen molar-refractivity contribution in [2.75, 3.05) is 19.6 Å². The molecule has 142 valence electrons. The van der Waals surface area contributed by atoms with Crippen LogP contribution in [0.3, 0.4) is 0 Å². The summed E-state index contributed by atoms with van der Waals surface area (Å²) in [7, 11) is 0. The number of nitrogens with zero attached hydrogens (tertiary/aromatic N) is 4. The molecule has 2 saturated heterocycles. The number of aryl methyl sites for hydroxylation is 2. The van der Waals surface area contributed by atoms with Crippen molar-refractivity contribution in [3.05, 3.63) is 46.6 Å². The molecular weight excluding hydrogens is 340 g/mol. The Kier molecular flexibility index (Phi) is 4.23. The van der Waals surface area contributed by atoms with E-state index in [-0.39, 0.29) is 5.91 Å². The minimum atomic E-state index is 0.0601. The number of likely N-dealkylation sites (tertiary alicyclic amines) is 2. The second-order valence-corrected chi connectivity index (χ2v) is 8.21. The van der Waals surface area contributed by atoms with E-state index in [0.717, 1.165) is 81.0 Å². The maximum atomic E-state index is 13.1. The molecule has 3 aliphatic rings. The van der Waals surface area contributed by atoms with Crippen molar-refractivity contribution in [1.29, 1.82) is 0 Å². The third-order valence-corrected chi connectivity index (χ3v) is 6.41. The number of hydrogen-bond acceptors (Lipinski definition) is 5. The van der Waals surface area contributed by atoms with Crippen molar-refractivity contribution in [3.8, 4) is 0 Å². The number of hydrogen-bond donors (Lipinski definition) is 0. The number of carbonyl (C=O) groups is 1. The highest BCUT2D eigenvalue weighted by Gasteiger charge is 2.43. The third-order valence-electron chi connectivity index (χ3n) is 6.41. The molecule has 0 unspecified atom stereocenters. The lowest BCUT2D eigenvalue weighted by Gasteiger charge is -2.24. The largest absolute Gasteiger partial charge is 0.360 e. The molecule has 6 heteroatoms. The van der Waals surface area contributed by atoms with Gasteiger partial charge in [0, 0.05) is 43.4 Å². The summed E-state index contributed by atoms with van der Waals surface area (Å²) < 4.78 is 5.46. The minimum Gasteiger partial charge on any atom is -0.360 e. The fraction of sp³-hybridized carbons (Fsp3) is 0.571. The summed E-state index contributed by atoms with van der Waals surface area (Å²) >= 11 is 0. The summed E-state index contributed by atoms with van der Waals surface area (Å²) in [6.45, 7) is 5.61. The van der Waals surface area contributed by atoms with Crippen molar-refractivity contribution < 1.29 is 9.32 Å². The quantitative estimate of drug-likeness (QED) is 0.836. The van der Waals surface area contributed by atoms with Crippen molar-refractivity contribution in [2.45, 2.75) is 51.6 Å². The number of fused-ring (bicyclic) bond motifs is 2. The van der Waals surface area contributed by atoms with Gasteiger partial charge in [-0.3, -0.25) is 14.7 Å². The number of rotatable bonds is 3. The summed E-state index contributed by atoms with van der Waals surface area (Å²) in [4.78, 5) is 22.2. The Balaban J connectivity index is 1.29. The average Bonchev–Trinajstić information content (AvgIpc) is 3.36. The lowest BCUT2D eigenvalue weighted by molar-refractivity contribution is 0.0759. The summed E-state index contributed by atoms with van der Waals surface area (Å²) in [5.41, 5.74) is 3.80. The first-order chi connectivity index (χ1) is 13.2. The Labute approximate surface area is 159 Å². The summed E-state index contributed by atoms with van der Waals surface area (Å²) in [6, 6.07) is 6.63. The molecule has 2 atom stereocenters. The molecule has 2 aromatic heterocycles. The van der Waals surface area contributed by atoms with Crippen LogP contribution in [-0.4, -0.2) is 51.5 Å². The van der Waals surface area contributed by atoms with E-state index in [0.29, 0.717) is 17.7 Å². The Morgan fingerprint density at radius 1 is 1.26 bits per heavy atom. The van der Waals surface area contributed by atoms with Gasteiger partial charge < -0.3 is 9.42 Å². The molecule has 0 bridgehead atoms. The maximum Gasteiger partial charge on any atom is 0.276 e. The van der Waals surface area contributed by atoms with E-state index in [1.54, 1.807) is 0 Å². The molecule has 5 rings (SSSR count). The Morgan fingerprint density at radius 2 is 2.15 bits per heavy atom. The van der Waals surface area contributed by atoms with Crippen LogP contribution in [0.4, 0.5) is 0 Å². The monoisotopic (exact) mass is 366 g/mol. The van der Waals surface area contributed by atoms with Gasteiger partial charge in [-0.1, -0.05) is 11.2 Å². The maximum absolute atomic E-state index is 13.1. The predicted octanol–water partition coefficient (Wildman–Crippen LogP) is 2.60. The van der Waals surface area contributed by atoms with Gasteiger partial charge in [0.2, 0.25) is 0 Å². The highest BCUT2D eigenvalue weighted by atomic mass is 16.5. The van der Waals surface area contributed by atoms with Gasteiger partial charge in [-0.05, 0) is 57.2 Å². The zero-order chi connectivity index (χ0) is 18.4. The van der Waals surface area contributed by atoms with Gasteiger partial charge in [-0.25, -0.2) is 0 Å². The van der Waals surface area contributed by atoms with Crippen molar-refractivity contribution in [3.63, 3.8) is 0 Å². The molecule has 4 heterocycles. The fourth-order valence-electron chi connectivity index (χ4n) is 5.01. The topological polar surface area (TPSA) is 62.5 Å². The van der Waals surface area contributed by atoms with Gasteiger partial charge in [0.15, 0.2) is 5.69 Å². The molecular formula is C21H26N4O2. The first-order valence-electron chi connectivity index (χ1n) is 10.1. The first kappa shape index (κ1) is 16.9. The van der Waals surface area contributed by atoms with Gasteiger partial charge in [0.05, 0.1) is 5.69 Å². The number of pyridine rings is 1. The second kappa shape index (κ2) is 6.75. The highest BCUT2D eigenvalue weighted by molar-refractivity contribution is 5.94. The van der Waals surface area contributed by atoms with Crippen LogP contribution in [-0.2, 0) is 19.4 Å². The average molecular weight is 366 g/mol. The molecule has 2 aliphatic heterocycles. The van der Waals surface area contributed by atoms with E-state index in [1.165, 1.54) is 0 Å². The van der Waals surface area contributed by atoms with Gasteiger partial charge >= 0.3 is 0 Å². The van der Waals surface area contributed by atoms with Gasteiger partial charge in [-0.15, -0.1) is 0 Å². The van der Waals surface area contributed by atoms with Crippen LogP contribution in [0.2, 0.25) is 0 Å². The molecule has 0 aromatic carbocycles. The summed E-state index contributed by atoms with van der Waals surface area (Å²) in [5.74, 6) is 1.54. The summed E-state index contributed by atoms with van der Waals surface area (Å²) in [5, 5.41) is 4.14. The van der Waals surface area contributed by atoms with Crippen LogP contribution >= 0.6 is 0 Å². The van der Waals surface area contributed by atoms with Crippen LogP contribution in [0.5, 0.6) is 0 Å². The van der Waals surface area contributed by atoms with E-state index >= 15 is 0 Å². The standard InChI is InChI=1S/C21H26N4O2/c1-14-5-4-6-16(22-14)12-24-10-9-15-11-25(13-18(15)24)21(26)20-17-7-2-3-8-19(17)27-23-20/h4-6,15,18H,2-3,7-13H2,1H3/t15-,18+/m1/s1. The Bertz CT molecular complexity index is 862. The third kappa shape index (κ3) is 3.06.